The van der Waals surface area contributed by atoms with Crippen LogP contribution in [0.15, 0.2) is 35.3 Å². The molecule has 0 aromatic heterocycles. The van der Waals surface area contributed by atoms with Gasteiger partial charge in [0.2, 0.25) is 0 Å². The highest BCUT2D eigenvalue weighted by Crippen LogP contribution is 2.30. The van der Waals surface area contributed by atoms with Crippen LogP contribution in [0.25, 0.3) is 0 Å². The number of thioether (sulfide) groups is 1. The number of methoxy groups -OCH3 is 1. The van der Waals surface area contributed by atoms with E-state index in [1.165, 1.54) is 35.6 Å². The minimum absolute atomic E-state index is 0.211. The maximum Gasteiger partial charge on any atom is 0.0821 e. The zero-order valence-corrected chi connectivity index (χ0v) is 13.4. The van der Waals surface area contributed by atoms with Crippen LogP contribution in [0.2, 0.25) is 0 Å². The predicted octanol–water partition coefficient (Wildman–Crippen LogP) is 4.72. The second-order valence-electron chi connectivity index (χ2n) is 5.27. The molecular weight excluding hydrogens is 266 g/mol. The Labute approximate surface area is 127 Å². The molecule has 0 aliphatic carbocycles. The monoisotopic (exact) mass is 291 g/mol. The average Bonchev–Trinajstić information content (AvgIpc) is 3.02. The third-order valence-corrected chi connectivity index (χ3v) is 4.97. The molecule has 3 heteroatoms. The van der Waals surface area contributed by atoms with E-state index in [4.69, 9.17) is 4.74 Å². The van der Waals surface area contributed by atoms with Crippen LogP contribution in [0, 0.1) is 5.92 Å². The SMILES string of the molecule is CCCC(CCC(OC)c1ccccc1)C1=NCCS1. The molecular formula is C17H25NOS. The summed E-state index contributed by atoms with van der Waals surface area (Å²) < 4.78 is 5.68. The Bertz CT molecular complexity index is 418. The fourth-order valence-electron chi connectivity index (χ4n) is 2.78. The Balaban J connectivity index is 1.93. The molecule has 0 radical (unpaired) electrons. The second-order valence-corrected chi connectivity index (χ2v) is 6.38. The number of aliphatic imine (C=N–C) groups is 1. The highest BCUT2D eigenvalue weighted by atomic mass is 32.2. The lowest BCUT2D eigenvalue weighted by Crippen LogP contribution is -2.12. The van der Waals surface area contributed by atoms with Crippen molar-refractivity contribution in [3.63, 3.8) is 0 Å². The van der Waals surface area contributed by atoms with Gasteiger partial charge in [-0.1, -0.05) is 43.7 Å². The van der Waals surface area contributed by atoms with Gasteiger partial charge in [-0.3, -0.25) is 4.99 Å². The number of hydrogen-bond donors (Lipinski definition) is 0. The smallest absolute Gasteiger partial charge is 0.0821 e. The van der Waals surface area contributed by atoms with Crippen molar-refractivity contribution in [2.45, 2.75) is 38.7 Å². The summed E-state index contributed by atoms with van der Waals surface area (Å²) in [6, 6.07) is 10.5. The summed E-state index contributed by atoms with van der Waals surface area (Å²) in [5, 5.41) is 1.38. The lowest BCUT2D eigenvalue weighted by Gasteiger charge is -2.20. The van der Waals surface area contributed by atoms with Crippen LogP contribution >= 0.6 is 11.8 Å². The maximum atomic E-state index is 5.68. The number of rotatable bonds is 8. The lowest BCUT2D eigenvalue weighted by atomic mass is 9.94. The van der Waals surface area contributed by atoms with Crippen LogP contribution < -0.4 is 0 Å². The van der Waals surface area contributed by atoms with Crippen molar-refractivity contribution in [3.05, 3.63) is 35.9 Å². The molecule has 1 aromatic carbocycles. The molecule has 1 aliphatic rings. The first kappa shape index (κ1) is 15.6. The zero-order valence-electron chi connectivity index (χ0n) is 12.5. The third-order valence-electron chi connectivity index (χ3n) is 3.83. The molecule has 2 rings (SSSR count). The van der Waals surface area contributed by atoms with E-state index in [9.17, 15) is 0 Å². The summed E-state index contributed by atoms with van der Waals surface area (Å²) >= 11 is 1.95. The van der Waals surface area contributed by atoms with Gasteiger partial charge in [-0.25, -0.2) is 0 Å². The summed E-state index contributed by atoms with van der Waals surface area (Å²) in [5.74, 6) is 1.80. The Morgan fingerprint density at radius 3 is 2.60 bits per heavy atom. The average molecular weight is 291 g/mol. The molecule has 2 unspecified atom stereocenters. The second kappa shape index (κ2) is 8.48. The van der Waals surface area contributed by atoms with E-state index in [2.05, 4.69) is 42.2 Å². The highest BCUT2D eigenvalue weighted by molar-refractivity contribution is 8.14. The molecule has 2 atom stereocenters. The minimum atomic E-state index is 0.211. The summed E-state index contributed by atoms with van der Waals surface area (Å²) in [6.45, 7) is 3.27. The molecule has 0 amide bonds. The largest absolute Gasteiger partial charge is 0.377 e. The van der Waals surface area contributed by atoms with Crippen molar-refractivity contribution < 1.29 is 4.74 Å². The van der Waals surface area contributed by atoms with Gasteiger partial charge in [0.05, 0.1) is 11.1 Å². The molecule has 2 nitrogen and oxygen atoms in total. The summed E-state index contributed by atoms with van der Waals surface area (Å²) in [5.41, 5.74) is 1.28. The third kappa shape index (κ3) is 4.35. The summed E-state index contributed by atoms with van der Waals surface area (Å²) in [7, 11) is 1.81. The molecule has 1 heterocycles. The van der Waals surface area contributed by atoms with Crippen molar-refractivity contribution in [1.29, 1.82) is 0 Å². The number of ether oxygens (including phenoxy) is 1. The van der Waals surface area contributed by atoms with Crippen molar-refractivity contribution in [2.75, 3.05) is 19.4 Å². The van der Waals surface area contributed by atoms with Crippen LogP contribution in [0.3, 0.4) is 0 Å². The molecule has 0 spiro atoms. The molecule has 0 fully saturated rings. The van der Waals surface area contributed by atoms with Crippen molar-refractivity contribution in [1.82, 2.24) is 0 Å². The van der Waals surface area contributed by atoms with Gasteiger partial charge in [0, 0.05) is 25.3 Å². The fraction of sp³-hybridized carbons (Fsp3) is 0.588. The molecule has 1 aromatic rings. The minimum Gasteiger partial charge on any atom is -0.377 e. The fourth-order valence-corrected chi connectivity index (χ4v) is 3.82. The number of benzene rings is 1. The first-order valence-electron chi connectivity index (χ1n) is 7.60. The van der Waals surface area contributed by atoms with E-state index < -0.39 is 0 Å². The molecule has 20 heavy (non-hydrogen) atoms. The van der Waals surface area contributed by atoms with Crippen molar-refractivity contribution in [3.8, 4) is 0 Å². The Kier molecular flexibility index (Phi) is 6.61. The molecule has 110 valence electrons. The summed E-state index contributed by atoms with van der Waals surface area (Å²) in [6.07, 6.45) is 4.94. The molecule has 0 bridgehead atoms. The van der Waals surface area contributed by atoms with Crippen molar-refractivity contribution in [2.24, 2.45) is 10.9 Å². The molecule has 0 saturated heterocycles. The Hall–Kier alpha value is -0.800. The van der Waals surface area contributed by atoms with Crippen LogP contribution in [0.5, 0.6) is 0 Å². The van der Waals surface area contributed by atoms with Crippen molar-refractivity contribution >= 4 is 16.8 Å². The first-order chi connectivity index (χ1) is 9.85. The molecule has 0 saturated carbocycles. The van der Waals surface area contributed by atoms with Gasteiger partial charge in [0.25, 0.3) is 0 Å². The predicted molar refractivity (Wildman–Crippen MR) is 88.6 cm³/mol. The van der Waals surface area contributed by atoms with E-state index in [0.717, 1.165) is 13.0 Å². The normalized spacial score (nSPS) is 17.8. The quantitative estimate of drug-likeness (QED) is 0.691. The van der Waals surface area contributed by atoms with Crippen LogP contribution in [-0.4, -0.2) is 24.5 Å². The van der Waals surface area contributed by atoms with Gasteiger partial charge in [0.15, 0.2) is 0 Å². The maximum absolute atomic E-state index is 5.68. The summed E-state index contributed by atoms with van der Waals surface area (Å²) in [4.78, 5) is 4.67. The first-order valence-corrected chi connectivity index (χ1v) is 8.58. The topological polar surface area (TPSA) is 21.6 Å². The standard InChI is InChI=1S/C17H25NOS/c1-3-7-15(17-18-12-13-20-17)10-11-16(19-2)14-8-5-4-6-9-14/h4-6,8-9,15-16H,3,7,10-13H2,1-2H3. The van der Waals surface area contributed by atoms with Gasteiger partial charge < -0.3 is 4.74 Å². The van der Waals surface area contributed by atoms with Crippen LogP contribution in [0.1, 0.15) is 44.3 Å². The molecule has 1 aliphatic heterocycles. The van der Waals surface area contributed by atoms with Gasteiger partial charge in [0.1, 0.15) is 0 Å². The Morgan fingerprint density at radius 2 is 2.00 bits per heavy atom. The number of hydrogen-bond acceptors (Lipinski definition) is 3. The van der Waals surface area contributed by atoms with Gasteiger partial charge in [-0.2, -0.15) is 0 Å². The van der Waals surface area contributed by atoms with E-state index >= 15 is 0 Å². The van der Waals surface area contributed by atoms with E-state index in [1.807, 2.05) is 18.9 Å². The van der Waals surface area contributed by atoms with Gasteiger partial charge >= 0.3 is 0 Å². The van der Waals surface area contributed by atoms with Crippen LogP contribution in [-0.2, 0) is 4.74 Å². The van der Waals surface area contributed by atoms with E-state index in [1.54, 1.807) is 0 Å². The van der Waals surface area contributed by atoms with E-state index in [0.29, 0.717) is 5.92 Å². The number of nitrogens with zero attached hydrogens (tertiary/aromatic N) is 1. The van der Waals surface area contributed by atoms with Crippen LogP contribution in [0.4, 0.5) is 0 Å². The Morgan fingerprint density at radius 1 is 1.20 bits per heavy atom. The zero-order chi connectivity index (χ0) is 14.2. The molecule has 0 N–H and O–H groups in total. The van der Waals surface area contributed by atoms with Gasteiger partial charge in [-0.15, -0.1) is 11.8 Å². The lowest BCUT2D eigenvalue weighted by molar-refractivity contribution is 0.0913. The van der Waals surface area contributed by atoms with E-state index in [-0.39, 0.29) is 6.10 Å². The highest BCUT2D eigenvalue weighted by Gasteiger charge is 2.21. The van der Waals surface area contributed by atoms with Gasteiger partial charge in [-0.05, 0) is 24.8 Å².